The van der Waals surface area contributed by atoms with Crippen LogP contribution in [-0.2, 0) is 11.3 Å². The van der Waals surface area contributed by atoms with Crippen molar-refractivity contribution < 1.29 is 4.74 Å². The molecule has 2 heteroatoms. The maximum atomic E-state index is 5.80. The summed E-state index contributed by atoms with van der Waals surface area (Å²) in [5, 5.41) is 0. The minimum absolute atomic E-state index is 0.748. The lowest BCUT2D eigenvalue weighted by Crippen LogP contribution is -2.23. The Morgan fingerprint density at radius 3 is 2.29 bits per heavy atom. The van der Waals surface area contributed by atoms with Gasteiger partial charge in [-0.1, -0.05) is 30.3 Å². The number of hydrogen-bond donors (Lipinski definition) is 1. The predicted molar refractivity (Wildman–Crippen MR) is 70.6 cm³/mol. The van der Waals surface area contributed by atoms with Crippen LogP contribution >= 0.6 is 0 Å². The molecule has 0 bridgehead atoms. The zero-order valence-corrected chi connectivity index (χ0v) is 10.5. The van der Waals surface area contributed by atoms with Crippen molar-refractivity contribution in [3.8, 4) is 0 Å². The van der Waals surface area contributed by atoms with E-state index in [0.717, 1.165) is 31.6 Å². The molecule has 0 aromatic heterocycles. The molecule has 17 heavy (non-hydrogen) atoms. The summed E-state index contributed by atoms with van der Waals surface area (Å²) in [6.07, 6.45) is 5.15. The second-order valence-corrected chi connectivity index (χ2v) is 5.12. The average molecular weight is 233 g/mol. The van der Waals surface area contributed by atoms with Gasteiger partial charge in [-0.2, -0.15) is 0 Å². The van der Waals surface area contributed by atoms with E-state index in [9.17, 15) is 0 Å². The quantitative estimate of drug-likeness (QED) is 0.848. The molecule has 0 unspecified atom stereocenters. The summed E-state index contributed by atoms with van der Waals surface area (Å²) in [5.41, 5.74) is 6.96. The first-order valence-corrected chi connectivity index (χ1v) is 6.70. The van der Waals surface area contributed by atoms with Gasteiger partial charge in [0.1, 0.15) is 0 Å². The highest BCUT2D eigenvalue weighted by Gasteiger charge is 2.19. The lowest BCUT2D eigenvalue weighted by molar-refractivity contribution is 0.0677. The molecule has 0 spiro atoms. The largest absolute Gasteiger partial charge is 0.376 e. The first-order chi connectivity index (χ1) is 8.38. The van der Waals surface area contributed by atoms with E-state index in [-0.39, 0.29) is 0 Å². The fourth-order valence-electron chi connectivity index (χ4n) is 2.55. The van der Waals surface area contributed by atoms with E-state index in [4.69, 9.17) is 10.5 Å². The number of rotatable bonds is 5. The molecular formula is C15H23NO. The summed E-state index contributed by atoms with van der Waals surface area (Å²) in [7, 11) is 0. The van der Waals surface area contributed by atoms with Crippen molar-refractivity contribution in [2.24, 2.45) is 17.6 Å². The molecule has 1 aliphatic carbocycles. The van der Waals surface area contributed by atoms with Crippen LogP contribution in [0.3, 0.4) is 0 Å². The first-order valence-electron chi connectivity index (χ1n) is 6.70. The number of benzene rings is 1. The predicted octanol–water partition coefficient (Wildman–Crippen LogP) is 2.97. The second kappa shape index (κ2) is 6.77. The molecule has 2 rings (SSSR count). The molecule has 2 N–H and O–H groups in total. The van der Waals surface area contributed by atoms with Gasteiger partial charge in [-0.3, -0.25) is 0 Å². The normalized spacial score (nSPS) is 24.8. The number of nitrogens with two attached hydrogens (primary N) is 1. The molecule has 0 radical (unpaired) electrons. The van der Waals surface area contributed by atoms with Crippen LogP contribution in [0.5, 0.6) is 0 Å². The summed E-state index contributed by atoms with van der Waals surface area (Å²) in [6.45, 7) is 2.52. The van der Waals surface area contributed by atoms with E-state index < -0.39 is 0 Å². The Bertz CT molecular complexity index is 304. The van der Waals surface area contributed by atoms with Crippen molar-refractivity contribution in [3.63, 3.8) is 0 Å². The van der Waals surface area contributed by atoms with Crippen molar-refractivity contribution in [2.75, 3.05) is 13.2 Å². The Kier molecular flexibility index (Phi) is 5.02. The highest BCUT2D eigenvalue weighted by Crippen LogP contribution is 2.28. The summed E-state index contributed by atoms with van der Waals surface area (Å²) in [6, 6.07) is 10.4. The lowest BCUT2D eigenvalue weighted by Gasteiger charge is -2.27. The topological polar surface area (TPSA) is 35.2 Å². The standard InChI is InChI=1S/C15H23NO/c16-10-13-6-8-15(9-7-13)12-17-11-14-4-2-1-3-5-14/h1-5,13,15H,6-12,16H2/t13-,15+. The van der Waals surface area contributed by atoms with E-state index in [2.05, 4.69) is 24.3 Å². The van der Waals surface area contributed by atoms with E-state index in [1.807, 2.05) is 6.07 Å². The van der Waals surface area contributed by atoms with E-state index in [0.29, 0.717) is 0 Å². The fourth-order valence-corrected chi connectivity index (χ4v) is 2.55. The Morgan fingerprint density at radius 2 is 1.65 bits per heavy atom. The van der Waals surface area contributed by atoms with E-state index in [1.54, 1.807) is 0 Å². The first kappa shape index (κ1) is 12.6. The van der Waals surface area contributed by atoms with Crippen LogP contribution in [0.15, 0.2) is 30.3 Å². The van der Waals surface area contributed by atoms with Gasteiger partial charge < -0.3 is 10.5 Å². The van der Waals surface area contributed by atoms with Crippen molar-refractivity contribution >= 4 is 0 Å². The minimum Gasteiger partial charge on any atom is -0.376 e. The molecule has 1 aromatic carbocycles. The van der Waals surface area contributed by atoms with Crippen LogP contribution in [0.4, 0.5) is 0 Å². The number of hydrogen-bond acceptors (Lipinski definition) is 2. The smallest absolute Gasteiger partial charge is 0.0717 e. The second-order valence-electron chi connectivity index (χ2n) is 5.12. The van der Waals surface area contributed by atoms with Crippen LogP contribution < -0.4 is 5.73 Å². The van der Waals surface area contributed by atoms with E-state index in [1.165, 1.54) is 31.2 Å². The van der Waals surface area contributed by atoms with Crippen molar-refractivity contribution in [2.45, 2.75) is 32.3 Å². The Balaban J connectivity index is 1.63. The van der Waals surface area contributed by atoms with Crippen LogP contribution in [0.2, 0.25) is 0 Å². The fraction of sp³-hybridized carbons (Fsp3) is 0.600. The third-order valence-corrected chi connectivity index (χ3v) is 3.76. The summed E-state index contributed by atoms with van der Waals surface area (Å²) < 4.78 is 5.80. The molecule has 0 aliphatic heterocycles. The molecule has 1 fully saturated rings. The molecule has 2 nitrogen and oxygen atoms in total. The van der Waals surface area contributed by atoms with Gasteiger partial charge in [-0.25, -0.2) is 0 Å². The minimum atomic E-state index is 0.748. The zero-order valence-electron chi connectivity index (χ0n) is 10.5. The monoisotopic (exact) mass is 233 g/mol. The van der Waals surface area contributed by atoms with Crippen LogP contribution in [0.1, 0.15) is 31.2 Å². The number of ether oxygens (including phenoxy) is 1. The highest BCUT2D eigenvalue weighted by atomic mass is 16.5. The SMILES string of the molecule is NC[C@H]1CC[C@@H](COCc2ccccc2)CC1. The summed E-state index contributed by atoms with van der Waals surface area (Å²) >= 11 is 0. The average Bonchev–Trinajstić information content (AvgIpc) is 2.41. The summed E-state index contributed by atoms with van der Waals surface area (Å²) in [4.78, 5) is 0. The Labute approximate surface area is 104 Å². The van der Waals surface area contributed by atoms with Gasteiger partial charge in [0, 0.05) is 6.61 Å². The van der Waals surface area contributed by atoms with Crippen LogP contribution in [-0.4, -0.2) is 13.2 Å². The van der Waals surface area contributed by atoms with E-state index >= 15 is 0 Å². The molecular weight excluding hydrogens is 210 g/mol. The molecule has 1 aromatic rings. The third kappa shape index (κ3) is 4.14. The van der Waals surface area contributed by atoms with Gasteiger partial charge in [0.15, 0.2) is 0 Å². The molecule has 0 atom stereocenters. The van der Waals surface area contributed by atoms with Crippen LogP contribution in [0, 0.1) is 11.8 Å². The molecule has 0 saturated heterocycles. The maximum absolute atomic E-state index is 5.80. The molecule has 1 aliphatic rings. The van der Waals surface area contributed by atoms with Gasteiger partial charge in [0.2, 0.25) is 0 Å². The van der Waals surface area contributed by atoms with Gasteiger partial charge in [0.05, 0.1) is 6.61 Å². The maximum Gasteiger partial charge on any atom is 0.0717 e. The zero-order chi connectivity index (χ0) is 11.9. The molecule has 1 saturated carbocycles. The van der Waals surface area contributed by atoms with Gasteiger partial charge >= 0.3 is 0 Å². The molecule has 0 heterocycles. The van der Waals surface area contributed by atoms with Gasteiger partial charge in [0.25, 0.3) is 0 Å². The molecule has 0 amide bonds. The Morgan fingerprint density at radius 1 is 1.00 bits per heavy atom. The molecule has 94 valence electrons. The van der Waals surface area contributed by atoms with Gasteiger partial charge in [-0.15, -0.1) is 0 Å². The lowest BCUT2D eigenvalue weighted by atomic mass is 9.82. The van der Waals surface area contributed by atoms with Gasteiger partial charge in [-0.05, 0) is 49.6 Å². The van der Waals surface area contributed by atoms with Crippen molar-refractivity contribution in [1.82, 2.24) is 0 Å². The van der Waals surface area contributed by atoms with Crippen LogP contribution in [0.25, 0.3) is 0 Å². The van der Waals surface area contributed by atoms with Crippen molar-refractivity contribution in [3.05, 3.63) is 35.9 Å². The summed E-state index contributed by atoms with van der Waals surface area (Å²) in [5.74, 6) is 1.52. The van der Waals surface area contributed by atoms with Crippen molar-refractivity contribution in [1.29, 1.82) is 0 Å². The Hall–Kier alpha value is -0.860. The third-order valence-electron chi connectivity index (χ3n) is 3.76. The highest BCUT2D eigenvalue weighted by molar-refractivity contribution is 5.13.